The summed E-state index contributed by atoms with van der Waals surface area (Å²) in [5.41, 5.74) is 2.84. The zero-order chi connectivity index (χ0) is 18.5. The van der Waals surface area contributed by atoms with Crippen LogP contribution in [0.1, 0.15) is 24.5 Å². The molecule has 2 aromatic rings. The molecule has 26 heavy (non-hydrogen) atoms. The fourth-order valence-corrected chi connectivity index (χ4v) is 3.27. The lowest BCUT2D eigenvalue weighted by Gasteiger charge is -2.32. The first kappa shape index (κ1) is 18.3. The van der Waals surface area contributed by atoms with Gasteiger partial charge in [-0.2, -0.15) is 0 Å². The molecule has 1 aliphatic rings. The highest BCUT2D eigenvalue weighted by molar-refractivity contribution is 5.77. The summed E-state index contributed by atoms with van der Waals surface area (Å²) in [7, 11) is 5.26. The minimum absolute atomic E-state index is 0.141. The van der Waals surface area contributed by atoms with Crippen LogP contribution in [-0.2, 0) is 4.79 Å². The van der Waals surface area contributed by atoms with E-state index in [2.05, 4.69) is 9.88 Å². The Morgan fingerprint density at radius 3 is 2.96 bits per heavy atom. The monoisotopic (exact) mass is 354 g/mol. The first-order valence-corrected chi connectivity index (χ1v) is 8.95. The number of rotatable bonds is 5. The van der Waals surface area contributed by atoms with Gasteiger partial charge < -0.3 is 9.64 Å². The average Bonchev–Trinajstić information content (AvgIpc) is 2.68. The largest absolute Gasteiger partial charge is 0.497 e. The van der Waals surface area contributed by atoms with Gasteiger partial charge in [0, 0.05) is 38.3 Å². The van der Waals surface area contributed by atoms with Gasteiger partial charge in [0.1, 0.15) is 5.75 Å². The second-order valence-electron chi connectivity index (χ2n) is 6.92. The molecule has 3 rings (SSSR count). The van der Waals surface area contributed by atoms with E-state index in [0.717, 1.165) is 48.6 Å². The topological polar surface area (TPSA) is 58.6 Å². The van der Waals surface area contributed by atoms with Crippen molar-refractivity contribution in [2.75, 3.05) is 40.8 Å². The van der Waals surface area contributed by atoms with E-state index >= 15 is 0 Å². The third kappa shape index (κ3) is 4.38. The van der Waals surface area contributed by atoms with E-state index in [9.17, 15) is 4.79 Å². The van der Waals surface area contributed by atoms with Crippen molar-refractivity contribution < 1.29 is 9.53 Å². The molecule has 1 fully saturated rings. The molecule has 1 aromatic heterocycles. The van der Waals surface area contributed by atoms with Crippen LogP contribution in [0.2, 0.25) is 0 Å². The predicted molar refractivity (Wildman–Crippen MR) is 101 cm³/mol. The highest BCUT2D eigenvalue weighted by atomic mass is 16.5. The van der Waals surface area contributed by atoms with Crippen LogP contribution in [0.3, 0.4) is 0 Å². The summed E-state index contributed by atoms with van der Waals surface area (Å²) >= 11 is 0. The second kappa shape index (κ2) is 8.27. The summed E-state index contributed by atoms with van der Waals surface area (Å²) in [5.74, 6) is 1.25. The Morgan fingerprint density at radius 2 is 2.19 bits per heavy atom. The number of hydrogen-bond acceptors (Lipinski definition) is 5. The number of nitrogens with zero attached hydrogens (tertiary/aromatic N) is 4. The van der Waals surface area contributed by atoms with Gasteiger partial charge in [-0.25, -0.2) is 4.98 Å². The van der Waals surface area contributed by atoms with Crippen molar-refractivity contribution in [3.05, 3.63) is 42.4 Å². The van der Waals surface area contributed by atoms with E-state index in [0.29, 0.717) is 12.5 Å². The molecule has 1 atom stereocenters. The SMILES string of the molecule is COc1cccc(-c2cncc([C@@H]3CCCN(CC(=O)N(C)C)C3)n2)c1. The first-order valence-electron chi connectivity index (χ1n) is 8.95. The van der Waals surface area contributed by atoms with Gasteiger partial charge in [0.05, 0.1) is 31.2 Å². The van der Waals surface area contributed by atoms with Crippen LogP contribution in [0.5, 0.6) is 5.75 Å². The maximum atomic E-state index is 12.0. The van der Waals surface area contributed by atoms with E-state index in [1.807, 2.05) is 30.5 Å². The van der Waals surface area contributed by atoms with Crippen molar-refractivity contribution in [1.29, 1.82) is 0 Å². The molecule has 0 bridgehead atoms. The molecule has 1 aromatic carbocycles. The van der Waals surface area contributed by atoms with Gasteiger partial charge >= 0.3 is 0 Å². The number of amides is 1. The third-order valence-electron chi connectivity index (χ3n) is 4.80. The zero-order valence-electron chi connectivity index (χ0n) is 15.7. The van der Waals surface area contributed by atoms with Gasteiger partial charge in [-0.3, -0.25) is 14.7 Å². The summed E-state index contributed by atoms with van der Waals surface area (Å²) < 4.78 is 5.30. The molecule has 0 radical (unpaired) electrons. The number of carbonyl (C=O) groups is 1. The molecule has 0 N–H and O–H groups in total. The molecule has 2 heterocycles. The number of carbonyl (C=O) groups excluding carboxylic acids is 1. The van der Waals surface area contributed by atoms with E-state index in [1.54, 1.807) is 32.3 Å². The quantitative estimate of drug-likeness (QED) is 0.825. The first-order chi connectivity index (χ1) is 12.6. The molecule has 0 aliphatic carbocycles. The highest BCUT2D eigenvalue weighted by Crippen LogP contribution is 2.28. The van der Waals surface area contributed by atoms with Gasteiger partial charge in [-0.05, 0) is 31.5 Å². The number of aromatic nitrogens is 2. The lowest BCUT2D eigenvalue weighted by atomic mass is 9.94. The number of methoxy groups -OCH3 is 1. The molecule has 6 nitrogen and oxygen atoms in total. The number of ether oxygens (including phenoxy) is 1. The van der Waals surface area contributed by atoms with Gasteiger partial charge in [0.25, 0.3) is 0 Å². The fourth-order valence-electron chi connectivity index (χ4n) is 3.27. The zero-order valence-corrected chi connectivity index (χ0v) is 15.7. The summed E-state index contributed by atoms with van der Waals surface area (Å²) in [6.07, 6.45) is 5.78. The highest BCUT2D eigenvalue weighted by Gasteiger charge is 2.24. The summed E-state index contributed by atoms with van der Waals surface area (Å²) in [5, 5.41) is 0. The average molecular weight is 354 g/mol. The minimum Gasteiger partial charge on any atom is -0.497 e. The van der Waals surface area contributed by atoms with Crippen LogP contribution < -0.4 is 4.74 Å². The van der Waals surface area contributed by atoms with Crippen molar-refractivity contribution in [2.24, 2.45) is 0 Å². The van der Waals surface area contributed by atoms with E-state index < -0.39 is 0 Å². The van der Waals surface area contributed by atoms with E-state index in [-0.39, 0.29) is 5.91 Å². The molecule has 0 saturated carbocycles. The standard InChI is InChI=1S/C20H26N4O2/c1-23(2)20(25)14-24-9-5-7-16(13-24)19-12-21-11-18(22-19)15-6-4-8-17(10-15)26-3/h4,6,8,10-12,16H,5,7,9,13-14H2,1-3H3/t16-/m1/s1. The predicted octanol–water partition coefficient (Wildman–Crippen LogP) is 2.42. The molecule has 0 spiro atoms. The van der Waals surface area contributed by atoms with Crippen molar-refractivity contribution in [2.45, 2.75) is 18.8 Å². The molecule has 0 unspecified atom stereocenters. The molecule has 6 heteroatoms. The summed E-state index contributed by atoms with van der Waals surface area (Å²) in [6.45, 7) is 2.27. The number of hydrogen-bond donors (Lipinski definition) is 0. The molecule has 1 aliphatic heterocycles. The van der Waals surface area contributed by atoms with Crippen molar-refractivity contribution in [1.82, 2.24) is 19.8 Å². The molecular weight excluding hydrogens is 328 g/mol. The van der Waals surface area contributed by atoms with Gasteiger partial charge in [0.2, 0.25) is 5.91 Å². The van der Waals surface area contributed by atoms with Crippen LogP contribution in [-0.4, -0.2) is 66.5 Å². The van der Waals surface area contributed by atoms with Crippen LogP contribution >= 0.6 is 0 Å². The van der Waals surface area contributed by atoms with Crippen molar-refractivity contribution in [3.63, 3.8) is 0 Å². The van der Waals surface area contributed by atoms with Crippen LogP contribution in [0.4, 0.5) is 0 Å². The Kier molecular flexibility index (Phi) is 5.83. The van der Waals surface area contributed by atoms with Gasteiger partial charge in [0.15, 0.2) is 0 Å². The molecular formula is C20H26N4O2. The maximum absolute atomic E-state index is 12.0. The summed E-state index contributed by atoms with van der Waals surface area (Å²) in [4.78, 5) is 25.1. The number of likely N-dealkylation sites (tertiary alicyclic amines) is 1. The Bertz CT molecular complexity index is 763. The van der Waals surface area contributed by atoms with E-state index in [1.165, 1.54) is 0 Å². The lowest BCUT2D eigenvalue weighted by Crippen LogP contribution is -2.41. The van der Waals surface area contributed by atoms with Crippen molar-refractivity contribution in [3.8, 4) is 17.0 Å². The Labute approximate surface area is 154 Å². The molecule has 138 valence electrons. The second-order valence-corrected chi connectivity index (χ2v) is 6.92. The Balaban J connectivity index is 1.76. The third-order valence-corrected chi connectivity index (χ3v) is 4.80. The van der Waals surface area contributed by atoms with Gasteiger partial charge in [-0.1, -0.05) is 12.1 Å². The Morgan fingerprint density at radius 1 is 1.35 bits per heavy atom. The van der Waals surface area contributed by atoms with Crippen LogP contribution in [0, 0.1) is 0 Å². The molecule has 1 amide bonds. The van der Waals surface area contributed by atoms with Crippen molar-refractivity contribution >= 4 is 5.91 Å². The van der Waals surface area contributed by atoms with E-state index in [4.69, 9.17) is 9.72 Å². The van der Waals surface area contributed by atoms with Crippen LogP contribution in [0.25, 0.3) is 11.3 Å². The normalized spacial score (nSPS) is 17.7. The fraction of sp³-hybridized carbons (Fsp3) is 0.450. The lowest BCUT2D eigenvalue weighted by molar-refractivity contribution is -0.130. The maximum Gasteiger partial charge on any atom is 0.236 e. The van der Waals surface area contributed by atoms with Crippen LogP contribution in [0.15, 0.2) is 36.7 Å². The minimum atomic E-state index is 0.141. The molecule has 1 saturated heterocycles. The number of piperidine rings is 1. The summed E-state index contributed by atoms with van der Waals surface area (Å²) in [6, 6.07) is 7.86. The Hall–Kier alpha value is -2.47. The smallest absolute Gasteiger partial charge is 0.236 e. The van der Waals surface area contributed by atoms with Gasteiger partial charge in [-0.15, -0.1) is 0 Å². The number of likely N-dealkylation sites (N-methyl/N-ethyl adjacent to an activating group) is 1. The number of benzene rings is 1.